The summed E-state index contributed by atoms with van der Waals surface area (Å²) in [6.07, 6.45) is 2.62. The molecule has 0 spiro atoms. The SMILES string of the molecule is CCOC(=O)c1ccc(OCCCCCCN(C(C)O)C(C)O)cc1. The van der Waals surface area contributed by atoms with Crippen molar-refractivity contribution in [3.8, 4) is 5.75 Å². The van der Waals surface area contributed by atoms with Gasteiger partial charge in [0.25, 0.3) is 0 Å². The van der Waals surface area contributed by atoms with Crippen LogP contribution >= 0.6 is 0 Å². The van der Waals surface area contributed by atoms with Crippen molar-refractivity contribution in [1.82, 2.24) is 4.90 Å². The highest BCUT2D eigenvalue weighted by Gasteiger charge is 2.14. The molecule has 2 atom stereocenters. The van der Waals surface area contributed by atoms with E-state index in [2.05, 4.69) is 0 Å². The number of esters is 1. The summed E-state index contributed by atoms with van der Waals surface area (Å²) in [5.74, 6) is 0.417. The first kappa shape index (κ1) is 21.4. The highest BCUT2D eigenvalue weighted by atomic mass is 16.5. The molecule has 6 nitrogen and oxygen atoms in total. The highest BCUT2D eigenvalue weighted by molar-refractivity contribution is 5.89. The molecule has 0 aromatic heterocycles. The zero-order valence-electron chi connectivity index (χ0n) is 15.5. The van der Waals surface area contributed by atoms with Gasteiger partial charge in [-0.05, 0) is 57.9 Å². The van der Waals surface area contributed by atoms with Gasteiger partial charge in [0.1, 0.15) is 18.2 Å². The summed E-state index contributed by atoms with van der Waals surface area (Å²) in [7, 11) is 0. The summed E-state index contributed by atoms with van der Waals surface area (Å²) < 4.78 is 10.6. The highest BCUT2D eigenvalue weighted by Crippen LogP contribution is 2.14. The number of carbonyl (C=O) groups excluding carboxylic acids is 1. The molecule has 0 aliphatic carbocycles. The van der Waals surface area contributed by atoms with Crippen LogP contribution in [0.25, 0.3) is 0 Å². The minimum Gasteiger partial charge on any atom is -0.494 e. The average Bonchev–Trinajstić information content (AvgIpc) is 2.57. The maximum Gasteiger partial charge on any atom is 0.338 e. The van der Waals surface area contributed by atoms with Crippen LogP contribution in [0.1, 0.15) is 56.8 Å². The number of aliphatic hydroxyl groups is 2. The van der Waals surface area contributed by atoms with E-state index in [1.54, 1.807) is 49.9 Å². The Labute approximate surface area is 150 Å². The van der Waals surface area contributed by atoms with Crippen molar-refractivity contribution in [1.29, 1.82) is 0 Å². The molecule has 0 fully saturated rings. The van der Waals surface area contributed by atoms with Gasteiger partial charge in [-0.3, -0.25) is 4.90 Å². The molecule has 0 aliphatic heterocycles. The molecule has 1 aromatic carbocycles. The van der Waals surface area contributed by atoms with Gasteiger partial charge >= 0.3 is 5.97 Å². The molecule has 0 bridgehead atoms. The van der Waals surface area contributed by atoms with Crippen LogP contribution in [0.15, 0.2) is 24.3 Å². The second-order valence-corrected chi connectivity index (χ2v) is 6.01. The van der Waals surface area contributed by atoms with E-state index >= 15 is 0 Å². The van der Waals surface area contributed by atoms with E-state index in [0.29, 0.717) is 25.3 Å². The zero-order chi connectivity index (χ0) is 18.7. The van der Waals surface area contributed by atoms with Crippen LogP contribution in [-0.4, -0.2) is 53.3 Å². The lowest BCUT2D eigenvalue weighted by molar-refractivity contribution is -0.0844. The van der Waals surface area contributed by atoms with Gasteiger partial charge < -0.3 is 19.7 Å². The van der Waals surface area contributed by atoms with Gasteiger partial charge in [0.2, 0.25) is 0 Å². The molecule has 2 unspecified atom stereocenters. The first-order valence-corrected chi connectivity index (χ1v) is 8.97. The third kappa shape index (κ3) is 8.34. The van der Waals surface area contributed by atoms with Crippen molar-refractivity contribution >= 4 is 5.97 Å². The number of benzene rings is 1. The van der Waals surface area contributed by atoms with Gasteiger partial charge in [0.05, 0.1) is 18.8 Å². The van der Waals surface area contributed by atoms with Crippen molar-refractivity contribution in [2.24, 2.45) is 0 Å². The van der Waals surface area contributed by atoms with E-state index in [1.807, 2.05) is 0 Å². The van der Waals surface area contributed by atoms with Gasteiger partial charge in [0.15, 0.2) is 0 Å². The van der Waals surface area contributed by atoms with Crippen LogP contribution < -0.4 is 4.74 Å². The molecule has 142 valence electrons. The lowest BCUT2D eigenvalue weighted by Crippen LogP contribution is -2.40. The molecule has 1 aromatic rings. The van der Waals surface area contributed by atoms with Crippen molar-refractivity contribution in [3.05, 3.63) is 29.8 Å². The number of hydrogen-bond donors (Lipinski definition) is 2. The predicted octanol–water partition coefficient (Wildman–Crippen LogP) is 2.78. The monoisotopic (exact) mass is 353 g/mol. The Kier molecular flexibility index (Phi) is 10.1. The summed E-state index contributed by atoms with van der Waals surface area (Å²) >= 11 is 0. The number of unbranched alkanes of at least 4 members (excludes halogenated alkanes) is 3. The summed E-state index contributed by atoms with van der Waals surface area (Å²) in [5.41, 5.74) is 0.523. The lowest BCUT2D eigenvalue weighted by atomic mass is 10.2. The zero-order valence-corrected chi connectivity index (χ0v) is 15.5. The molecule has 0 amide bonds. The molecule has 0 aliphatic rings. The quantitative estimate of drug-likeness (QED) is 0.342. The smallest absolute Gasteiger partial charge is 0.338 e. The first-order valence-electron chi connectivity index (χ1n) is 8.97. The summed E-state index contributed by atoms with van der Waals surface area (Å²) in [6.45, 7) is 6.76. The molecule has 0 heterocycles. The van der Waals surface area contributed by atoms with Gasteiger partial charge in [-0.25, -0.2) is 4.79 Å². The van der Waals surface area contributed by atoms with Gasteiger partial charge in [-0.15, -0.1) is 0 Å². The normalized spacial score (nSPS) is 13.5. The fourth-order valence-electron chi connectivity index (χ4n) is 2.53. The third-order valence-electron chi connectivity index (χ3n) is 3.90. The maximum atomic E-state index is 11.6. The molecule has 0 radical (unpaired) electrons. The molecule has 25 heavy (non-hydrogen) atoms. The van der Waals surface area contributed by atoms with Gasteiger partial charge in [-0.1, -0.05) is 12.8 Å². The summed E-state index contributed by atoms with van der Waals surface area (Å²) in [6, 6.07) is 6.95. The number of nitrogens with zero attached hydrogens (tertiary/aromatic N) is 1. The van der Waals surface area contributed by atoms with E-state index < -0.39 is 12.5 Å². The number of carbonyl (C=O) groups is 1. The van der Waals surface area contributed by atoms with E-state index in [1.165, 1.54) is 0 Å². The van der Waals surface area contributed by atoms with Crippen LogP contribution in [0, 0.1) is 0 Å². The Balaban J connectivity index is 2.16. The lowest BCUT2D eigenvalue weighted by Gasteiger charge is -2.27. The van der Waals surface area contributed by atoms with Crippen molar-refractivity contribution in [3.63, 3.8) is 0 Å². The van der Waals surface area contributed by atoms with Crippen LogP contribution in [0.5, 0.6) is 5.75 Å². The number of hydrogen-bond acceptors (Lipinski definition) is 6. The van der Waals surface area contributed by atoms with E-state index in [4.69, 9.17) is 9.47 Å². The Morgan fingerprint density at radius 2 is 1.64 bits per heavy atom. The van der Waals surface area contributed by atoms with Crippen LogP contribution in [0.4, 0.5) is 0 Å². The van der Waals surface area contributed by atoms with Gasteiger partial charge in [-0.2, -0.15) is 0 Å². The Hall–Kier alpha value is -1.63. The molecule has 1 rings (SSSR count). The van der Waals surface area contributed by atoms with E-state index in [9.17, 15) is 15.0 Å². The largest absolute Gasteiger partial charge is 0.494 e. The molecular formula is C19H31NO5. The molecular weight excluding hydrogens is 322 g/mol. The second kappa shape index (κ2) is 11.8. The minimum atomic E-state index is -0.638. The van der Waals surface area contributed by atoms with Crippen LogP contribution in [-0.2, 0) is 4.74 Å². The molecule has 6 heteroatoms. The van der Waals surface area contributed by atoms with Crippen LogP contribution in [0.3, 0.4) is 0 Å². The minimum absolute atomic E-state index is 0.322. The number of ether oxygens (including phenoxy) is 2. The fraction of sp³-hybridized carbons (Fsp3) is 0.632. The second-order valence-electron chi connectivity index (χ2n) is 6.01. The van der Waals surface area contributed by atoms with Crippen molar-refractivity contribution < 1.29 is 24.5 Å². The third-order valence-corrected chi connectivity index (χ3v) is 3.90. The first-order chi connectivity index (χ1) is 12.0. The van der Waals surface area contributed by atoms with Gasteiger partial charge in [0, 0.05) is 6.54 Å². The Bertz CT molecular complexity index is 479. The summed E-state index contributed by atoms with van der Waals surface area (Å²) in [5, 5.41) is 19.1. The number of rotatable bonds is 12. The molecule has 0 saturated heterocycles. The van der Waals surface area contributed by atoms with Crippen molar-refractivity contribution in [2.45, 2.75) is 58.9 Å². The van der Waals surface area contributed by atoms with E-state index in [-0.39, 0.29) is 5.97 Å². The standard InChI is InChI=1S/C19H31NO5/c1-4-24-19(23)17-9-11-18(12-10-17)25-14-8-6-5-7-13-20(15(2)21)16(3)22/h9-12,15-16,21-22H,4-8,13-14H2,1-3H3. The molecule has 2 N–H and O–H groups in total. The maximum absolute atomic E-state index is 11.6. The van der Waals surface area contributed by atoms with Crippen molar-refractivity contribution in [2.75, 3.05) is 19.8 Å². The fourth-order valence-corrected chi connectivity index (χ4v) is 2.53. The Morgan fingerprint density at radius 1 is 1.04 bits per heavy atom. The summed E-state index contributed by atoms with van der Waals surface area (Å²) in [4.78, 5) is 13.2. The molecule has 0 saturated carbocycles. The average molecular weight is 353 g/mol. The number of aliphatic hydroxyl groups excluding tert-OH is 2. The Morgan fingerprint density at radius 3 is 2.20 bits per heavy atom. The topological polar surface area (TPSA) is 79.2 Å². The van der Waals surface area contributed by atoms with E-state index in [0.717, 1.165) is 31.4 Å². The predicted molar refractivity (Wildman–Crippen MR) is 96.4 cm³/mol. The van der Waals surface area contributed by atoms with Crippen LogP contribution in [0.2, 0.25) is 0 Å².